The van der Waals surface area contributed by atoms with Gasteiger partial charge in [-0.05, 0) is 30.5 Å². The lowest BCUT2D eigenvalue weighted by molar-refractivity contribution is -0.120. The lowest BCUT2D eigenvalue weighted by atomic mass is 10.1. The highest BCUT2D eigenvalue weighted by molar-refractivity contribution is 9.09. The number of carbonyl (C=O) groups excluding carboxylic acids is 1. The first kappa shape index (κ1) is 16.1. The smallest absolute Gasteiger partial charge is 0.224 e. The van der Waals surface area contributed by atoms with E-state index in [0.29, 0.717) is 12.1 Å². The standard InChI is InChI=1S/C14H18BrF2NO/c15-7-3-1-2-4-8-18-14(19)10-11-5-6-12(16)13(17)9-11/h5-6,9H,1-4,7-8,10H2,(H,18,19). The zero-order valence-corrected chi connectivity index (χ0v) is 12.3. The van der Waals surface area contributed by atoms with Crippen LogP contribution in [0.2, 0.25) is 0 Å². The molecule has 0 aliphatic carbocycles. The molecular weight excluding hydrogens is 316 g/mol. The monoisotopic (exact) mass is 333 g/mol. The highest BCUT2D eigenvalue weighted by Crippen LogP contribution is 2.09. The van der Waals surface area contributed by atoms with Crippen LogP contribution in [0.25, 0.3) is 0 Å². The summed E-state index contributed by atoms with van der Waals surface area (Å²) >= 11 is 3.36. The van der Waals surface area contributed by atoms with Gasteiger partial charge >= 0.3 is 0 Å². The maximum Gasteiger partial charge on any atom is 0.224 e. The van der Waals surface area contributed by atoms with Crippen LogP contribution >= 0.6 is 15.9 Å². The van der Waals surface area contributed by atoms with E-state index in [-0.39, 0.29) is 12.3 Å². The lowest BCUT2D eigenvalue weighted by Crippen LogP contribution is -2.26. The minimum absolute atomic E-state index is 0.0819. The summed E-state index contributed by atoms with van der Waals surface area (Å²) < 4.78 is 25.7. The van der Waals surface area contributed by atoms with Crippen molar-refractivity contribution in [2.45, 2.75) is 32.1 Å². The number of hydrogen-bond donors (Lipinski definition) is 1. The Labute approximate surface area is 120 Å². The fourth-order valence-corrected chi connectivity index (χ4v) is 2.09. The molecule has 0 fully saturated rings. The van der Waals surface area contributed by atoms with E-state index in [0.717, 1.165) is 43.1 Å². The van der Waals surface area contributed by atoms with Crippen molar-refractivity contribution in [1.82, 2.24) is 5.32 Å². The first-order valence-electron chi connectivity index (χ1n) is 6.40. The molecule has 0 bridgehead atoms. The lowest BCUT2D eigenvalue weighted by Gasteiger charge is -2.05. The van der Waals surface area contributed by atoms with E-state index < -0.39 is 11.6 Å². The van der Waals surface area contributed by atoms with Crippen LogP contribution in [0.3, 0.4) is 0 Å². The largest absolute Gasteiger partial charge is 0.356 e. The van der Waals surface area contributed by atoms with Gasteiger partial charge in [-0.1, -0.05) is 34.8 Å². The van der Waals surface area contributed by atoms with E-state index in [1.165, 1.54) is 6.07 Å². The van der Waals surface area contributed by atoms with Crippen molar-refractivity contribution in [3.8, 4) is 0 Å². The maximum absolute atomic E-state index is 12.9. The molecule has 0 saturated heterocycles. The molecule has 0 heterocycles. The van der Waals surface area contributed by atoms with E-state index in [2.05, 4.69) is 21.2 Å². The number of carbonyl (C=O) groups is 1. The number of nitrogens with one attached hydrogen (secondary N) is 1. The number of halogens is 3. The summed E-state index contributed by atoms with van der Waals surface area (Å²) in [5.41, 5.74) is 0.482. The molecule has 0 saturated carbocycles. The molecule has 1 N–H and O–H groups in total. The van der Waals surface area contributed by atoms with Crippen molar-refractivity contribution < 1.29 is 13.6 Å². The summed E-state index contributed by atoms with van der Waals surface area (Å²) in [5.74, 6) is -1.97. The van der Waals surface area contributed by atoms with Gasteiger partial charge in [-0.2, -0.15) is 0 Å². The number of amides is 1. The Morgan fingerprint density at radius 2 is 1.84 bits per heavy atom. The average Bonchev–Trinajstić information content (AvgIpc) is 2.38. The Bertz CT molecular complexity index is 412. The molecule has 5 heteroatoms. The first-order valence-corrected chi connectivity index (χ1v) is 7.52. The molecule has 0 aliphatic heterocycles. The second kappa shape index (κ2) is 9.02. The maximum atomic E-state index is 12.9. The van der Waals surface area contributed by atoms with Gasteiger partial charge in [0.25, 0.3) is 0 Å². The van der Waals surface area contributed by atoms with Crippen LogP contribution in [0.4, 0.5) is 8.78 Å². The second-order valence-electron chi connectivity index (χ2n) is 4.38. The molecule has 1 amide bonds. The Morgan fingerprint density at radius 3 is 2.53 bits per heavy atom. The molecule has 0 spiro atoms. The molecule has 1 aromatic carbocycles. The highest BCUT2D eigenvalue weighted by atomic mass is 79.9. The molecule has 0 radical (unpaired) electrons. The fourth-order valence-electron chi connectivity index (χ4n) is 1.70. The third-order valence-electron chi connectivity index (χ3n) is 2.73. The van der Waals surface area contributed by atoms with E-state index in [9.17, 15) is 13.6 Å². The predicted molar refractivity (Wildman–Crippen MR) is 75.3 cm³/mol. The number of hydrogen-bond acceptors (Lipinski definition) is 1. The van der Waals surface area contributed by atoms with Gasteiger partial charge in [0.1, 0.15) is 0 Å². The number of alkyl halides is 1. The fraction of sp³-hybridized carbons (Fsp3) is 0.500. The van der Waals surface area contributed by atoms with Gasteiger partial charge in [0, 0.05) is 11.9 Å². The number of rotatable bonds is 8. The topological polar surface area (TPSA) is 29.1 Å². The molecule has 0 aromatic heterocycles. The van der Waals surface area contributed by atoms with Crippen LogP contribution < -0.4 is 5.32 Å². The summed E-state index contributed by atoms with van der Waals surface area (Å²) in [7, 11) is 0. The van der Waals surface area contributed by atoms with Gasteiger partial charge in [0.15, 0.2) is 11.6 Å². The van der Waals surface area contributed by atoms with Gasteiger partial charge in [0.2, 0.25) is 5.91 Å². The molecule has 0 aliphatic rings. The minimum atomic E-state index is -0.917. The summed E-state index contributed by atoms with van der Waals surface area (Å²) in [5, 5.41) is 3.78. The quantitative estimate of drug-likeness (QED) is 0.571. The molecule has 0 unspecified atom stereocenters. The average molecular weight is 334 g/mol. The Morgan fingerprint density at radius 1 is 1.11 bits per heavy atom. The Kier molecular flexibility index (Phi) is 7.63. The molecular formula is C14H18BrF2NO. The molecule has 1 aromatic rings. The normalized spacial score (nSPS) is 10.5. The van der Waals surface area contributed by atoms with Gasteiger partial charge in [-0.3, -0.25) is 4.79 Å². The van der Waals surface area contributed by atoms with Crippen molar-refractivity contribution in [3.05, 3.63) is 35.4 Å². The Balaban J connectivity index is 2.21. The zero-order valence-electron chi connectivity index (χ0n) is 10.7. The van der Waals surface area contributed by atoms with Crippen molar-refractivity contribution in [1.29, 1.82) is 0 Å². The van der Waals surface area contributed by atoms with Gasteiger partial charge in [-0.15, -0.1) is 0 Å². The van der Waals surface area contributed by atoms with E-state index in [1.54, 1.807) is 0 Å². The van der Waals surface area contributed by atoms with Crippen LogP contribution in [0.5, 0.6) is 0 Å². The van der Waals surface area contributed by atoms with Crippen LogP contribution in [0, 0.1) is 11.6 Å². The van der Waals surface area contributed by atoms with Crippen LogP contribution in [-0.2, 0) is 11.2 Å². The second-order valence-corrected chi connectivity index (χ2v) is 5.17. The van der Waals surface area contributed by atoms with Crippen LogP contribution in [0.15, 0.2) is 18.2 Å². The summed E-state index contributed by atoms with van der Waals surface area (Å²) in [4.78, 5) is 11.6. The minimum Gasteiger partial charge on any atom is -0.356 e. The van der Waals surface area contributed by atoms with E-state index >= 15 is 0 Å². The van der Waals surface area contributed by atoms with Crippen LogP contribution in [0.1, 0.15) is 31.2 Å². The van der Waals surface area contributed by atoms with Crippen molar-refractivity contribution in [2.24, 2.45) is 0 Å². The SMILES string of the molecule is O=C(Cc1ccc(F)c(F)c1)NCCCCCCBr. The third-order valence-corrected chi connectivity index (χ3v) is 3.29. The number of unbranched alkanes of at least 4 members (excludes halogenated alkanes) is 3. The van der Waals surface area contributed by atoms with Crippen molar-refractivity contribution in [3.63, 3.8) is 0 Å². The van der Waals surface area contributed by atoms with E-state index in [4.69, 9.17) is 0 Å². The molecule has 106 valence electrons. The highest BCUT2D eigenvalue weighted by Gasteiger charge is 2.06. The van der Waals surface area contributed by atoms with Crippen molar-refractivity contribution in [2.75, 3.05) is 11.9 Å². The molecule has 0 atom stereocenters. The zero-order chi connectivity index (χ0) is 14.1. The van der Waals surface area contributed by atoms with Crippen molar-refractivity contribution >= 4 is 21.8 Å². The molecule has 1 rings (SSSR count). The molecule has 19 heavy (non-hydrogen) atoms. The summed E-state index contributed by atoms with van der Waals surface area (Å²) in [6.07, 6.45) is 4.39. The molecule has 2 nitrogen and oxygen atoms in total. The van der Waals surface area contributed by atoms with E-state index in [1.807, 2.05) is 0 Å². The summed E-state index contributed by atoms with van der Waals surface area (Å²) in [6, 6.07) is 3.52. The number of benzene rings is 1. The Hall–Kier alpha value is -0.970. The van der Waals surface area contributed by atoms with Gasteiger partial charge < -0.3 is 5.32 Å². The predicted octanol–water partition coefficient (Wildman–Crippen LogP) is 3.58. The third kappa shape index (κ3) is 6.66. The summed E-state index contributed by atoms with van der Waals surface area (Å²) in [6.45, 7) is 0.630. The van der Waals surface area contributed by atoms with Crippen LogP contribution in [-0.4, -0.2) is 17.8 Å². The van der Waals surface area contributed by atoms with Gasteiger partial charge in [-0.25, -0.2) is 8.78 Å². The first-order chi connectivity index (χ1) is 9.13. The van der Waals surface area contributed by atoms with Gasteiger partial charge in [0.05, 0.1) is 6.42 Å².